The summed E-state index contributed by atoms with van der Waals surface area (Å²) in [6.07, 6.45) is 1.53. The van der Waals surface area contributed by atoms with Crippen LogP contribution in [0.4, 0.5) is 0 Å². The molecule has 204 valence electrons. The second kappa shape index (κ2) is 12.2. The molecule has 0 fully saturated rings. The topological polar surface area (TPSA) is 112 Å². The van der Waals surface area contributed by atoms with Gasteiger partial charge in [-0.2, -0.15) is 0 Å². The van der Waals surface area contributed by atoms with Crippen LogP contribution in [0, 0.1) is 0 Å². The number of nitrogens with one attached hydrogen (secondary N) is 1. The molecule has 0 saturated heterocycles. The minimum atomic E-state index is -1.06. The third-order valence-electron chi connectivity index (χ3n) is 6.54. The van der Waals surface area contributed by atoms with Gasteiger partial charge in [-0.25, -0.2) is 4.68 Å². The number of fused-ring (bicyclic) bond motifs is 1. The smallest absolute Gasteiger partial charge is 0.247 e. The van der Waals surface area contributed by atoms with Gasteiger partial charge < -0.3 is 24.1 Å². The quantitative estimate of drug-likeness (QED) is 0.269. The van der Waals surface area contributed by atoms with E-state index in [-0.39, 0.29) is 31.4 Å². The molecule has 0 aliphatic rings. The van der Waals surface area contributed by atoms with E-state index in [1.54, 1.807) is 37.4 Å². The molecule has 0 radical (unpaired) electrons. The molecule has 1 unspecified atom stereocenters. The summed E-state index contributed by atoms with van der Waals surface area (Å²) < 4.78 is 18.1. The normalized spacial score (nSPS) is 11.7. The van der Waals surface area contributed by atoms with Crippen LogP contribution in [0.3, 0.4) is 0 Å². The first kappa shape index (κ1) is 26.5. The minimum Gasteiger partial charge on any atom is -0.497 e. The molecular weight excluding hydrogens is 510 g/mol. The first-order valence-corrected chi connectivity index (χ1v) is 12.7. The van der Waals surface area contributed by atoms with Gasteiger partial charge in [0, 0.05) is 18.2 Å². The van der Waals surface area contributed by atoms with E-state index in [4.69, 9.17) is 13.9 Å². The summed E-state index contributed by atoms with van der Waals surface area (Å²) in [6, 6.07) is 24.5. The molecule has 0 spiro atoms. The fourth-order valence-corrected chi connectivity index (χ4v) is 4.52. The van der Waals surface area contributed by atoms with Crippen molar-refractivity contribution in [1.29, 1.82) is 0 Å². The zero-order valence-corrected chi connectivity index (χ0v) is 22.2. The first-order chi connectivity index (χ1) is 19.6. The number of furan rings is 1. The van der Waals surface area contributed by atoms with Crippen molar-refractivity contribution in [2.75, 3.05) is 14.2 Å². The Hall–Kier alpha value is -5.12. The van der Waals surface area contributed by atoms with Crippen LogP contribution >= 0.6 is 0 Å². The monoisotopic (exact) mass is 539 g/mol. The Morgan fingerprint density at radius 3 is 2.52 bits per heavy atom. The van der Waals surface area contributed by atoms with E-state index >= 15 is 0 Å². The molecule has 2 aromatic heterocycles. The number of ether oxygens (including phenoxy) is 2. The number of rotatable bonds is 11. The van der Waals surface area contributed by atoms with Crippen molar-refractivity contribution in [3.05, 3.63) is 108 Å². The number of benzene rings is 3. The summed E-state index contributed by atoms with van der Waals surface area (Å²) >= 11 is 0. The van der Waals surface area contributed by atoms with E-state index in [0.717, 1.165) is 5.56 Å². The molecule has 1 N–H and O–H groups in total. The van der Waals surface area contributed by atoms with E-state index in [0.29, 0.717) is 33.9 Å². The Labute approximate surface area is 231 Å². The second-order valence-electron chi connectivity index (χ2n) is 9.05. The molecule has 10 nitrogen and oxygen atoms in total. The van der Waals surface area contributed by atoms with Gasteiger partial charge in [0.15, 0.2) is 0 Å². The van der Waals surface area contributed by atoms with Crippen LogP contribution in [0.15, 0.2) is 95.6 Å². The number of carbonyl (C=O) groups excluding carboxylic acids is 2. The van der Waals surface area contributed by atoms with Crippen molar-refractivity contribution in [2.45, 2.75) is 25.7 Å². The fourth-order valence-electron chi connectivity index (χ4n) is 4.52. The molecule has 40 heavy (non-hydrogen) atoms. The van der Waals surface area contributed by atoms with Crippen LogP contribution in [0.1, 0.15) is 22.9 Å². The lowest BCUT2D eigenvalue weighted by Gasteiger charge is -2.31. The number of hydrogen-bond donors (Lipinski definition) is 1. The second-order valence-corrected chi connectivity index (χ2v) is 9.05. The van der Waals surface area contributed by atoms with Crippen molar-refractivity contribution >= 4 is 22.8 Å². The summed E-state index contributed by atoms with van der Waals surface area (Å²) in [5, 5.41) is 11.3. The average Bonchev–Trinajstić information content (AvgIpc) is 3.66. The molecule has 0 aliphatic carbocycles. The average molecular weight is 540 g/mol. The van der Waals surface area contributed by atoms with Crippen LogP contribution in [-0.2, 0) is 29.2 Å². The highest BCUT2D eigenvalue weighted by atomic mass is 16.5. The number of methoxy groups -OCH3 is 2. The van der Waals surface area contributed by atoms with Gasteiger partial charge in [-0.1, -0.05) is 47.7 Å². The van der Waals surface area contributed by atoms with Crippen molar-refractivity contribution in [3.63, 3.8) is 0 Å². The van der Waals surface area contributed by atoms with E-state index in [1.165, 1.54) is 23.0 Å². The Morgan fingerprint density at radius 1 is 0.975 bits per heavy atom. The number of amides is 2. The van der Waals surface area contributed by atoms with Crippen LogP contribution in [0.5, 0.6) is 11.5 Å². The third kappa shape index (κ3) is 5.80. The van der Waals surface area contributed by atoms with E-state index in [1.807, 2.05) is 54.6 Å². The lowest BCUT2D eigenvalue weighted by molar-refractivity contribution is -0.142. The van der Waals surface area contributed by atoms with Crippen molar-refractivity contribution in [3.8, 4) is 11.5 Å². The molecule has 2 heterocycles. The summed E-state index contributed by atoms with van der Waals surface area (Å²) in [7, 11) is 3.06. The highest BCUT2D eigenvalue weighted by Gasteiger charge is 2.35. The molecule has 1 atom stereocenters. The number of nitrogens with zero attached hydrogens (tertiary/aromatic N) is 4. The van der Waals surface area contributed by atoms with E-state index < -0.39 is 6.04 Å². The summed E-state index contributed by atoms with van der Waals surface area (Å²) in [5.41, 5.74) is 2.80. The lowest BCUT2D eigenvalue weighted by atomic mass is 10.0. The molecule has 2 amide bonds. The van der Waals surface area contributed by atoms with Gasteiger partial charge in [-0.15, -0.1) is 5.10 Å². The van der Waals surface area contributed by atoms with Gasteiger partial charge >= 0.3 is 0 Å². The van der Waals surface area contributed by atoms with Crippen molar-refractivity contribution in [2.24, 2.45) is 0 Å². The fraction of sp³-hybridized carbons (Fsp3) is 0.200. The van der Waals surface area contributed by atoms with Gasteiger partial charge in [0.1, 0.15) is 35.4 Å². The lowest BCUT2D eigenvalue weighted by Crippen LogP contribution is -2.44. The number of carbonyl (C=O) groups is 2. The zero-order chi connectivity index (χ0) is 27.9. The Morgan fingerprint density at radius 2 is 1.77 bits per heavy atom. The number of aromatic nitrogens is 3. The Balaban J connectivity index is 1.55. The predicted octanol–water partition coefficient (Wildman–Crippen LogP) is 4.13. The standard InChI is InChI=1S/C30H29N5O5/c1-38-22-14-15-24(27(17-22)39-2)29(30(37)31-18-21-9-4-3-5-10-21)34(19-23-11-8-16-40-23)28(36)20-35-26-13-7-6-12-25(26)32-33-35/h3-17,29H,18-20H2,1-2H3,(H,31,37). The molecular formula is C30H29N5O5. The highest BCUT2D eigenvalue weighted by Crippen LogP contribution is 2.34. The largest absolute Gasteiger partial charge is 0.497 e. The van der Waals surface area contributed by atoms with Crippen LogP contribution < -0.4 is 14.8 Å². The maximum absolute atomic E-state index is 14.0. The van der Waals surface area contributed by atoms with Crippen LogP contribution in [-0.4, -0.2) is 45.9 Å². The van der Waals surface area contributed by atoms with E-state index in [9.17, 15) is 9.59 Å². The van der Waals surface area contributed by atoms with E-state index in [2.05, 4.69) is 15.6 Å². The number of hydrogen-bond acceptors (Lipinski definition) is 7. The summed E-state index contributed by atoms with van der Waals surface area (Å²) in [5.74, 6) is 0.746. The van der Waals surface area contributed by atoms with Gasteiger partial charge in [-0.05, 0) is 42.0 Å². The van der Waals surface area contributed by atoms with Gasteiger partial charge in [0.25, 0.3) is 0 Å². The molecule has 5 aromatic rings. The molecule has 3 aromatic carbocycles. The van der Waals surface area contributed by atoms with Crippen molar-refractivity contribution < 1.29 is 23.5 Å². The number of para-hydroxylation sites is 1. The Bertz CT molecular complexity index is 1580. The summed E-state index contributed by atoms with van der Waals surface area (Å²) in [6.45, 7) is 0.185. The predicted molar refractivity (Wildman–Crippen MR) is 147 cm³/mol. The SMILES string of the molecule is COc1ccc(C(C(=O)NCc2ccccc2)N(Cc2ccco2)C(=O)Cn2nnc3ccccc32)c(OC)c1. The molecule has 0 bridgehead atoms. The van der Waals surface area contributed by atoms with Gasteiger partial charge in [0.05, 0.1) is 32.5 Å². The van der Waals surface area contributed by atoms with Crippen molar-refractivity contribution in [1.82, 2.24) is 25.2 Å². The molecule has 0 aliphatic heterocycles. The third-order valence-corrected chi connectivity index (χ3v) is 6.54. The highest BCUT2D eigenvalue weighted by molar-refractivity contribution is 5.90. The van der Waals surface area contributed by atoms with Crippen LogP contribution in [0.25, 0.3) is 11.0 Å². The zero-order valence-electron chi connectivity index (χ0n) is 22.2. The maximum Gasteiger partial charge on any atom is 0.247 e. The molecule has 0 saturated carbocycles. The summed E-state index contributed by atoms with van der Waals surface area (Å²) in [4.78, 5) is 29.5. The Kier molecular flexibility index (Phi) is 8.05. The molecule has 10 heteroatoms. The van der Waals surface area contributed by atoms with Gasteiger partial charge in [-0.3, -0.25) is 9.59 Å². The molecule has 5 rings (SSSR count). The van der Waals surface area contributed by atoms with Crippen LogP contribution in [0.2, 0.25) is 0 Å². The first-order valence-electron chi connectivity index (χ1n) is 12.7. The minimum absolute atomic E-state index is 0.0388. The maximum atomic E-state index is 14.0. The van der Waals surface area contributed by atoms with Gasteiger partial charge in [0.2, 0.25) is 11.8 Å².